The zero-order valence-electron chi connectivity index (χ0n) is 13.3. The maximum Gasteiger partial charge on any atom is 0.335 e. The highest BCUT2D eigenvalue weighted by atomic mass is 35.5. The van der Waals surface area contributed by atoms with Crippen molar-refractivity contribution in [2.75, 3.05) is 38.7 Å². The number of carboxylic acids is 2. The molecule has 1 aliphatic heterocycles. The summed E-state index contributed by atoms with van der Waals surface area (Å²) in [5, 5.41) is 20.0. The summed E-state index contributed by atoms with van der Waals surface area (Å²) in [6.07, 6.45) is 0.400. The Kier molecular flexibility index (Phi) is 12.7. The molecule has 0 radical (unpaired) electrons. The first-order chi connectivity index (χ1) is 11.5. The number of halogens is 1. The summed E-state index contributed by atoms with van der Waals surface area (Å²) in [7, 11) is 0. The molecule has 9 heteroatoms. The van der Waals surface area contributed by atoms with Crippen LogP contribution in [0.15, 0.2) is 24.3 Å². The molecule has 1 fully saturated rings. The lowest BCUT2D eigenvalue weighted by atomic mass is 10.1. The van der Waals surface area contributed by atoms with Gasteiger partial charge in [-0.05, 0) is 18.2 Å². The predicted molar refractivity (Wildman–Crippen MR) is 91.8 cm³/mol. The molecule has 2 rings (SSSR count). The summed E-state index contributed by atoms with van der Waals surface area (Å²) in [6.45, 7) is 4.01. The Bertz CT molecular complexity index is 465. The van der Waals surface area contributed by atoms with E-state index in [0.717, 1.165) is 25.8 Å². The van der Waals surface area contributed by atoms with E-state index in [1.54, 1.807) is 0 Å². The van der Waals surface area contributed by atoms with Crippen molar-refractivity contribution in [3.05, 3.63) is 35.4 Å². The molecule has 1 heterocycles. The molecule has 0 aliphatic carbocycles. The van der Waals surface area contributed by atoms with Gasteiger partial charge in [-0.25, -0.2) is 9.59 Å². The number of benzene rings is 1. The summed E-state index contributed by atoms with van der Waals surface area (Å²) in [6, 6.07) is 5.20. The van der Waals surface area contributed by atoms with Gasteiger partial charge < -0.3 is 31.7 Å². The van der Waals surface area contributed by atoms with Gasteiger partial charge in [0.2, 0.25) is 0 Å². The van der Waals surface area contributed by atoms with E-state index in [0.29, 0.717) is 25.1 Å². The summed E-state index contributed by atoms with van der Waals surface area (Å²) in [5.74, 6) is -1.59. The van der Waals surface area contributed by atoms with Crippen LogP contribution in [0.5, 0.6) is 0 Å². The molecule has 24 heavy (non-hydrogen) atoms. The minimum Gasteiger partial charge on any atom is -0.478 e. The lowest BCUT2D eigenvalue weighted by molar-refractivity contribution is 0.0696. The van der Waals surface area contributed by atoms with Crippen LogP contribution in [0.4, 0.5) is 0 Å². The third-order valence-electron chi connectivity index (χ3n) is 2.57. The summed E-state index contributed by atoms with van der Waals surface area (Å²) in [4.78, 5) is 20.8. The molecule has 1 aliphatic rings. The quantitative estimate of drug-likeness (QED) is 0.262. The minimum absolute atomic E-state index is 0.0186. The first kappa shape index (κ1) is 22.3. The van der Waals surface area contributed by atoms with Crippen molar-refractivity contribution in [2.45, 2.75) is 6.10 Å². The van der Waals surface area contributed by atoms with Crippen LogP contribution in [-0.4, -0.2) is 66.9 Å². The van der Waals surface area contributed by atoms with Crippen LogP contribution in [0.25, 0.3) is 0 Å². The molecule has 1 unspecified atom stereocenters. The molecule has 0 saturated carbocycles. The highest BCUT2D eigenvalue weighted by molar-refractivity contribution is 6.18. The zero-order chi connectivity index (χ0) is 18.4. The van der Waals surface area contributed by atoms with E-state index in [-0.39, 0.29) is 11.1 Å². The Morgan fingerprint density at radius 2 is 1.62 bits per heavy atom. The highest BCUT2D eigenvalue weighted by Gasteiger charge is 2.19. The predicted octanol–water partition coefficient (Wildman–Crippen LogP) is 0.200. The van der Waals surface area contributed by atoms with Crippen LogP contribution >= 0.6 is 11.6 Å². The molecule has 1 atom stereocenters. The second kappa shape index (κ2) is 13.7. The molecule has 1 saturated heterocycles. The lowest BCUT2D eigenvalue weighted by Crippen LogP contribution is -2.27. The number of epoxide rings is 1. The van der Waals surface area contributed by atoms with Crippen LogP contribution in [-0.2, 0) is 4.74 Å². The molecule has 0 bridgehead atoms. The third kappa shape index (κ3) is 11.8. The fourth-order valence-electron chi connectivity index (χ4n) is 1.27. The van der Waals surface area contributed by atoms with E-state index in [1.165, 1.54) is 18.2 Å². The van der Waals surface area contributed by atoms with Gasteiger partial charge in [-0.3, -0.25) is 0 Å². The number of hydrogen-bond acceptors (Lipinski definition) is 6. The Morgan fingerprint density at radius 3 is 1.88 bits per heavy atom. The molecule has 0 spiro atoms. The first-order valence-electron chi connectivity index (χ1n) is 7.31. The van der Waals surface area contributed by atoms with Gasteiger partial charge in [0.1, 0.15) is 0 Å². The molecular weight excluding hydrogens is 338 g/mol. The molecule has 0 amide bonds. The summed E-state index contributed by atoms with van der Waals surface area (Å²) < 4.78 is 4.73. The number of hydrogen-bond donors (Lipinski definition) is 5. The summed E-state index contributed by atoms with van der Waals surface area (Å²) in [5.41, 5.74) is 10.3. The Labute approximate surface area is 145 Å². The number of rotatable bonds is 7. The topological polar surface area (TPSA) is 151 Å². The SMILES string of the molecule is ClCC1CO1.NCCNCCN.O=C(O)c1cccc(C(=O)O)c1. The lowest BCUT2D eigenvalue weighted by Gasteiger charge is -1.95. The van der Waals surface area contributed by atoms with Crippen molar-refractivity contribution < 1.29 is 24.5 Å². The maximum atomic E-state index is 10.4. The Balaban J connectivity index is 0.000000372. The maximum absolute atomic E-state index is 10.4. The fourth-order valence-corrected chi connectivity index (χ4v) is 1.45. The van der Waals surface area contributed by atoms with Crippen molar-refractivity contribution >= 4 is 23.5 Å². The van der Waals surface area contributed by atoms with Gasteiger partial charge in [-0.1, -0.05) is 6.07 Å². The van der Waals surface area contributed by atoms with Gasteiger partial charge in [0.25, 0.3) is 0 Å². The van der Waals surface area contributed by atoms with Gasteiger partial charge in [0, 0.05) is 26.2 Å². The summed E-state index contributed by atoms with van der Waals surface area (Å²) >= 11 is 5.27. The second-order valence-electron chi connectivity index (χ2n) is 4.63. The average Bonchev–Trinajstić information content (AvgIpc) is 3.41. The Hall–Kier alpha value is -1.71. The standard InChI is InChI=1S/C8H6O4.C4H13N3.C3H5ClO/c9-7(10)5-2-1-3-6(4-5)8(11)12;5-1-3-7-4-2-6;4-1-3-2-5-3/h1-4H,(H,9,10)(H,11,12);7H,1-6H2;3H,1-2H2. The smallest absolute Gasteiger partial charge is 0.335 e. The van der Waals surface area contributed by atoms with Gasteiger partial charge in [-0.2, -0.15) is 0 Å². The van der Waals surface area contributed by atoms with E-state index in [2.05, 4.69) is 5.32 Å². The molecule has 0 aromatic heterocycles. The van der Waals surface area contributed by atoms with Gasteiger partial charge in [0.05, 0.1) is 29.7 Å². The Morgan fingerprint density at radius 1 is 1.17 bits per heavy atom. The van der Waals surface area contributed by atoms with E-state index in [1.807, 2.05) is 0 Å². The fraction of sp³-hybridized carbons (Fsp3) is 0.467. The van der Waals surface area contributed by atoms with Crippen molar-refractivity contribution in [2.24, 2.45) is 11.5 Å². The number of carboxylic acid groups (broad SMARTS) is 2. The van der Waals surface area contributed by atoms with E-state index in [4.69, 9.17) is 38.0 Å². The van der Waals surface area contributed by atoms with Gasteiger partial charge >= 0.3 is 11.9 Å². The average molecular weight is 362 g/mol. The van der Waals surface area contributed by atoms with Crippen molar-refractivity contribution in [1.29, 1.82) is 0 Å². The molecule has 8 nitrogen and oxygen atoms in total. The molecule has 1 aromatic carbocycles. The minimum atomic E-state index is -1.13. The molecular formula is C15H24ClN3O5. The van der Waals surface area contributed by atoms with Crippen molar-refractivity contribution in [1.82, 2.24) is 5.32 Å². The number of aromatic carboxylic acids is 2. The van der Waals surface area contributed by atoms with E-state index < -0.39 is 11.9 Å². The van der Waals surface area contributed by atoms with E-state index >= 15 is 0 Å². The highest BCUT2D eigenvalue weighted by Crippen LogP contribution is 2.08. The zero-order valence-corrected chi connectivity index (χ0v) is 14.0. The number of nitrogens with two attached hydrogens (primary N) is 2. The van der Waals surface area contributed by atoms with Crippen LogP contribution in [0.2, 0.25) is 0 Å². The van der Waals surface area contributed by atoms with Crippen LogP contribution < -0.4 is 16.8 Å². The number of ether oxygens (including phenoxy) is 1. The molecule has 7 N–H and O–H groups in total. The van der Waals surface area contributed by atoms with Crippen LogP contribution in [0, 0.1) is 0 Å². The van der Waals surface area contributed by atoms with E-state index in [9.17, 15) is 9.59 Å². The number of nitrogens with one attached hydrogen (secondary N) is 1. The first-order valence-corrected chi connectivity index (χ1v) is 7.84. The monoisotopic (exact) mass is 361 g/mol. The van der Waals surface area contributed by atoms with Gasteiger partial charge in [0.15, 0.2) is 0 Å². The normalized spacial score (nSPS) is 14.5. The van der Waals surface area contributed by atoms with Crippen LogP contribution in [0.3, 0.4) is 0 Å². The van der Waals surface area contributed by atoms with Crippen LogP contribution in [0.1, 0.15) is 20.7 Å². The molecule has 1 aromatic rings. The molecule has 136 valence electrons. The van der Waals surface area contributed by atoms with Gasteiger partial charge in [-0.15, -0.1) is 11.6 Å². The van der Waals surface area contributed by atoms with Crippen molar-refractivity contribution in [3.8, 4) is 0 Å². The van der Waals surface area contributed by atoms with Crippen molar-refractivity contribution in [3.63, 3.8) is 0 Å². The third-order valence-corrected chi connectivity index (χ3v) is 2.92. The largest absolute Gasteiger partial charge is 0.478 e. The second-order valence-corrected chi connectivity index (χ2v) is 4.94. The number of carbonyl (C=O) groups is 2. The number of alkyl halides is 1.